The lowest BCUT2D eigenvalue weighted by Crippen LogP contribution is -2.37. The van der Waals surface area contributed by atoms with Crippen molar-refractivity contribution in [1.82, 2.24) is 10.2 Å². The summed E-state index contributed by atoms with van der Waals surface area (Å²) < 4.78 is 0. The Kier molecular flexibility index (Phi) is 8.73. The van der Waals surface area contributed by atoms with Crippen LogP contribution in [-0.2, 0) is 0 Å². The summed E-state index contributed by atoms with van der Waals surface area (Å²) in [6.45, 7) is 17.1. The summed E-state index contributed by atoms with van der Waals surface area (Å²) in [5.41, 5.74) is 1.21. The van der Waals surface area contributed by atoms with Gasteiger partial charge in [-0.05, 0) is 33.7 Å². The molecule has 0 saturated carbocycles. The van der Waals surface area contributed by atoms with Crippen LogP contribution in [0.1, 0.15) is 40.5 Å². The minimum absolute atomic E-state index is 0.656. The Bertz CT molecular complexity index is 164. The summed E-state index contributed by atoms with van der Waals surface area (Å²) >= 11 is 0. The average molecular weight is 212 g/mol. The summed E-state index contributed by atoms with van der Waals surface area (Å²) in [6, 6.07) is 0.656. The van der Waals surface area contributed by atoms with E-state index in [9.17, 15) is 0 Å². The largest absolute Gasteiger partial charge is 0.312 e. The molecule has 0 radical (unpaired) electrons. The Hall–Kier alpha value is -0.340. The molecule has 15 heavy (non-hydrogen) atoms. The van der Waals surface area contributed by atoms with Crippen molar-refractivity contribution in [3.63, 3.8) is 0 Å². The molecule has 0 amide bonds. The fourth-order valence-electron chi connectivity index (χ4n) is 1.51. The van der Waals surface area contributed by atoms with Gasteiger partial charge in [0.2, 0.25) is 0 Å². The first-order valence-electron chi connectivity index (χ1n) is 6.17. The van der Waals surface area contributed by atoms with Crippen LogP contribution in [0.15, 0.2) is 12.2 Å². The first-order valence-corrected chi connectivity index (χ1v) is 6.17. The molecule has 0 aromatic heterocycles. The molecule has 1 N–H and O–H groups in total. The molecule has 0 atom stereocenters. The number of nitrogens with zero attached hydrogens (tertiary/aromatic N) is 1. The molecule has 0 heterocycles. The summed E-state index contributed by atoms with van der Waals surface area (Å²) in [4.78, 5) is 2.54. The second kappa shape index (κ2) is 8.93. The Morgan fingerprint density at radius 3 is 2.47 bits per heavy atom. The van der Waals surface area contributed by atoms with E-state index in [1.165, 1.54) is 25.0 Å². The standard InChI is InChI=1S/C13H28N2/c1-6-7-9-15(13(4)5)10-8-14-11-12(2)3/h13-14H,2,6-11H2,1,3-5H3. The van der Waals surface area contributed by atoms with Crippen LogP contribution in [0, 0.1) is 0 Å². The molecule has 0 aliphatic carbocycles. The van der Waals surface area contributed by atoms with E-state index >= 15 is 0 Å². The van der Waals surface area contributed by atoms with Gasteiger partial charge in [0.25, 0.3) is 0 Å². The molecule has 0 unspecified atom stereocenters. The van der Waals surface area contributed by atoms with Gasteiger partial charge in [-0.2, -0.15) is 0 Å². The molecule has 0 aliphatic rings. The maximum absolute atomic E-state index is 3.88. The van der Waals surface area contributed by atoms with Crippen LogP contribution < -0.4 is 5.32 Å². The van der Waals surface area contributed by atoms with Crippen LogP contribution in [-0.4, -0.2) is 37.1 Å². The van der Waals surface area contributed by atoms with Crippen LogP contribution in [0.3, 0.4) is 0 Å². The van der Waals surface area contributed by atoms with Crippen LogP contribution in [0.25, 0.3) is 0 Å². The number of rotatable bonds is 9. The molecule has 2 nitrogen and oxygen atoms in total. The zero-order valence-electron chi connectivity index (χ0n) is 11.0. The maximum atomic E-state index is 3.88. The van der Waals surface area contributed by atoms with Gasteiger partial charge in [-0.3, -0.25) is 4.90 Å². The number of hydrogen-bond acceptors (Lipinski definition) is 2. The Morgan fingerprint density at radius 1 is 1.33 bits per heavy atom. The van der Waals surface area contributed by atoms with Crippen molar-refractivity contribution in [3.05, 3.63) is 12.2 Å². The predicted octanol–water partition coefficient (Wildman–Crippen LogP) is 2.66. The SMILES string of the molecule is C=C(C)CNCCN(CCCC)C(C)C. The van der Waals surface area contributed by atoms with Gasteiger partial charge in [0.15, 0.2) is 0 Å². The quantitative estimate of drug-likeness (QED) is 0.467. The molecule has 90 valence electrons. The molecule has 0 spiro atoms. The van der Waals surface area contributed by atoms with E-state index in [0.717, 1.165) is 19.6 Å². The minimum atomic E-state index is 0.656. The summed E-state index contributed by atoms with van der Waals surface area (Å²) in [6.07, 6.45) is 2.58. The Labute approximate surface area is 95.7 Å². The highest BCUT2D eigenvalue weighted by Crippen LogP contribution is 2.00. The third-order valence-electron chi connectivity index (χ3n) is 2.53. The van der Waals surface area contributed by atoms with E-state index in [4.69, 9.17) is 0 Å². The lowest BCUT2D eigenvalue weighted by Gasteiger charge is -2.26. The van der Waals surface area contributed by atoms with Crippen molar-refractivity contribution in [2.45, 2.75) is 46.6 Å². The van der Waals surface area contributed by atoms with E-state index < -0.39 is 0 Å². The molecular formula is C13H28N2. The van der Waals surface area contributed by atoms with Gasteiger partial charge in [0.1, 0.15) is 0 Å². The van der Waals surface area contributed by atoms with E-state index in [2.05, 4.69) is 44.5 Å². The fraction of sp³-hybridized carbons (Fsp3) is 0.846. The third-order valence-corrected chi connectivity index (χ3v) is 2.53. The monoisotopic (exact) mass is 212 g/mol. The number of hydrogen-bond donors (Lipinski definition) is 1. The van der Waals surface area contributed by atoms with Gasteiger partial charge in [0.05, 0.1) is 0 Å². The summed E-state index contributed by atoms with van der Waals surface area (Å²) in [5, 5.41) is 3.41. The molecule has 2 heteroatoms. The van der Waals surface area contributed by atoms with Crippen LogP contribution >= 0.6 is 0 Å². The Balaban J connectivity index is 3.61. The first kappa shape index (κ1) is 14.7. The van der Waals surface area contributed by atoms with Gasteiger partial charge < -0.3 is 5.32 Å². The summed E-state index contributed by atoms with van der Waals surface area (Å²) in [7, 11) is 0. The van der Waals surface area contributed by atoms with Crippen molar-refractivity contribution in [2.75, 3.05) is 26.2 Å². The Morgan fingerprint density at radius 2 is 2.00 bits per heavy atom. The second-order valence-electron chi connectivity index (χ2n) is 4.62. The molecule has 0 aliphatic heterocycles. The first-order chi connectivity index (χ1) is 7.07. The van der Waals surface area contributed by atoms with E-state index in [1.54, 1.807) is 0 Å². The van der Waals surface area contributed by atoms with E-state index in [0.29, 0.717) is 6.04 Å². The number of unbranched alkanes of at least 4 members (excludes halogenated alkanes) is 1. The fourth-order valence-corrected chi connectivity index (χ4v) is 1.51. The normalized spacial score (nSPS) is 11.3. The zero-order valence-corrected chi connectivity index (χ0v) is 11.0. The van der Waals surface area contributed by atoms with Crippen molar-refractivity contribution in [1.29, 1.82) is 0 Å². The van der Waals surface area contributed by atoms with Gasteiger partial charge in [-0.15, -0.1) is 0 Å². The predicted molar refractivity (Wildman–Crippen MR) is 69.3 cm³/mol. The molecule has 0 bridgehead atoms. The highest BCUT2D eigenvalue weighted by molar-refractivity contribution is 4.90. The molecule has 0 aromatic carbocycles. The lowest BCUT2D eigenvalue weighted by molar-refractivity contribution is 0.219. The van der Waals surface area contributed by atoms with Crippen LogP contribution in [0.5, 0.6) is 0 Å². The highest BCUT2D eigenvalue weighted by atomic mass is 15.2. The van der Waals surface area contributed by atoms with Gasteiger partial charge >= 0.3 is 0 Å². The van der Waals surface area contributed by atoms with Crippen LogP contribution in [0.4, 0.5) is 0 Å². The van der Waals surface area contributed by atoms with Gasteiger partial charge in [-0.25, -0.2) is 0 Å². The van der Waals surface area contributed by atoms with E-state index in [-0.39, 0.29) is 0 Å². The van der Waals surface area contributed by atoms with Crippen molar-refractivity contribution in [2.24, 2.45) is 0 Å². The zero-order chi connectivity index (χ0) is 11.7. The molecule has 0 rings (SSSR count). The van der Waals surface area contributed by atoms with Crippen molar-refractivity contribution >= 4 is 0 Å². The van der Waals surface area contributed by atoms with Gasteiger partial charge in [0, 0.05) is 25.7 Å². The topological polar surface area (TPSA) is 15.3 Å². The number of nitrogens with one attached hydrogen (secondary N) is 1. The smallest absolute Gasteiger partial charge is 0.0159 e. The molecular weight excluding hydrogens is 184 g/mol. The van der Waals surface area contributed by atoms with Crippen molar-refractivity contribution in [3.8, 4) is 0 Å². The second-order valence-corrected chi connectivity index (χ2v) is 4.62. The molecule has 0 saturated heterocycles. The molecule has 0 fully saturated rings. The summed E-state index contributed by atoms with van der Waals surface area (Å²) in [5.74, 6) is 0. The highest BCUT2D eigenvalue weighted by Gasteiger charge is 2.07. The van der Waals surface area contributed by atoms with E-state index in [1.807, 2.05) is 0 Å². The third kappa shape index (κ3) is 8.64. The average Bonchev–Trinajstić information content (AvgIpc) is 2.15. The van der Waals surface area contributed by atoms with Crippen molar-refractivity contribution < 1.29 is 0 Å². The minimum Gasteiger partial charge on any atom is -0.312 e. The maximum Gasteiger partial charge on any atom is 0.0159 e. The van der Waals surface area contributed by atoms with Crippen LogP contribution in [0.2, 0.25) is 0 Å². The molecule has 0 aromatic rings. The van der Waals surface area contributed by atoms with Gasteiger partial charge in [-0.1, -0.05) is 25.5 Å². The lowest BCUT2D eigenvalue weighted by atomic mass is 10.2.